The second-order valence-corrected chi connectivity index (χ2v) is 5.87. The van der Waals surface area contributed by atoms with Gasteiger partial charge in [-0.3, -0.25) is 9.48 Å². The molecule has 2 rings (SSSR count). The first-order chi connectivity index (χ1) is 9.97. The van der Waals surface area contributed by atoms with Crippen molar-refractivity contribution < 1.29 is 9.53 Å². The number of hydrogen-bond donors (Lipinski definition) is 0. The molecule has 21 heavy (non-hydrogen) atoms. The van der Waals surface area contributed by atoms with Crippen molar-refractivity contribution >= 4 is 33.3 Å². The maximum absolute atomic E-state index is 12.4. The summed E-state index contributed by atoms with van der Waals surface area (Å²) in [7, 11) is 3.39. The van der Waals surface area contributed by atoms with Gasteiger partial charge in [0.25, 0.3) is 0 Å². The van der Waals surface area contributed by atoms with Crippen LogP contribution < -0.4 is 4.74 Å². The Morgan fingerprint density at radius 3 is 2.71 bits per heavy atom. The summed E-state index contributed by atoms with van der Waals surface area (Å²) >= 11 is 9.66. The number of rotatable bonds is 5. The van der Waals surface area contributed by atoms with Gasteiger partial charge in [0.1, 0.15) is 5.75 Å². The lowest BCUT2D eigenvalue weighted by Crippen LogP contribution is -2.08. The Morgan fingerprint density at radius 2 is 2.19 bits per heavy atom. The highest BCUT2D eigenvalue weighted by atomic mass is 79.9. The van der Waals surface area contributed by atoms with E-state index in [-0.39, 0.29) is 12.2 Å². The first-order valence-corrected chi connectivity index (χ1v) is 7.72. The molecule has 0 spiro atoms. The third-order valence-electron chi connectivity index (χ3n) is 3.30. The molecule has 1 aromatic heterocycles. The van der Waals surface area contributed by atoms with Crippen LogP contribution in [0.15, 0.2) is 22.7 Å². The minimum absolute atomic E-state index is 0.00842. The van der Waals surface area contributed by atoms with Crippen molar-refractivity contribution in [1.82, 2.24) is 9.78 Å². The van der Waals surface area contributed by atoms with Crippen molar-refractivity contribution in [3.8, 4) is 5.75 Å². The third kappa shape index (κ3) is 3.30. The van der Waals surface area contributed by atoms with E-state index in [2.05, 4.69) is 21.0 Å². The number of carbonyl (C=O) groups excluding carboxylic acids is 1. The molecular weight excluding hydrogens is 356 g/mol. The SMILES string of the molecule is CCc1nn(C)c(CC(=O)c2ccc(OC)c(Br)c2)c1Cl. The minimum atomic E-state index is -0.00842. The lowest BCUT2D eigenvalue weighted by molar-refractivity contribution is 0.0990. The second-order valence-electron chi connectivity index (χ2n) is 4.63. The fourth-order valence-corrected chi connectivity index (χ4v) is 3.01. The highest BCUT2D eigenvalue weighted by molar-refractivity contribution is 9.10. The molecule has 0 amide bonds. The summed E-state index contributed by atoms with van der Waals surface area (Å²) in [6.45, 7) is 1.99. The molecule has 0 bridgehead atoms. The molecule has 0 fully saturated rings. The Morgan fingerprint density at radius 1 is 1.48 bits per heavy atom. The fourth-order valence-electron chi connectivity index (χ4n) is 2.11. The van der Waals surface area contributed by atoms with E-state index in [4.69, 9.17) is 16.3 Å². The van der Waals surface area contributed by atoms with E-state index in [1.807, 2.05) is 6.92 Å². The van der Waals surface area contributed by atoms with Crippen LogP contribution in [0, 0.1) is 0 Å². The molecule has 4 nitrogen and oxygen atoms in total. The maximum atomic E-state index is 12.4. The van der Waals surface area contributed by atoms with Gasteiger partial charge in [0.05, 0.1) is 34.4 Å². The van der Waals surface area contributed by atoms with Crippen molar-refractivity contribution in [2.75, 3.05) is 7.11 Å². The molecule has 112 valence electrons. The standard InChI is InChI=1S/C15H16BrClN2O2/c1-4-11-15(17)12(19(2)18-11)8-13(20)9-5-6-14(21-3)10(16)7-9/h5-7H,4,8H2,1-3H3. The zero-order valence-electron chi connectivity index (χ0n) is 12.1. The Labute approximate surface area is 137 Å². The lowest BCUT2D eigenvalue weighted by Gasteiger charge is -2.06. The van der Waals surface area contributed by atoms with Crippen LogP contribution in [0.5, 0.6) is 5.75 Å². The van der Waals surface area contributed by atoms with Gasteiger partial charge in [-0.15, -0.1) is 0 Å². The predicted molar refractivity (Wildman–Crippen MR) is 86.3 cm³/mol. The number of nitrogens with zero attached hydrogens (tertiary/aromatic N) is 2. The van der Waals surface area contributed by atoms with E-state index in [0.29, 0.717) is 16.3 Å². The van der Waals surface area contributed by atoms with Gasteiger partial charge in [-0.05, 0) is 40.5 Å². The molecule has 0 saturated carbocycles. The summed E-state index contributed by atoms with van der Waals surface area (Å²) in [6.07, 6.45) is 0.968. The quantitative estimate of drug-likeness (QED) is 0.750. The maximum Gasteiger partial charge on any atom is 0.168 e. The molecule has 0 aliphatic carbocycles. The molecule has 0 atom stereocenters. The van der Waals surface area contributed by atoms with Gasteiger partial charge in [-0.2, -0.15) is 5.10 Å². The molecule has 0 N–H and O–H groups in total. The number of aromatic nitrogens is 2. The molecule has 0 radical (unpaired) electrons. The smallest absolute Gasteiger partial charge is 0.168 e. The molecule has 1 aromatic carbocycles. The third-order valence-corrected chi connectivity index (χ3v) is 4.36. The number of methoxy groups -OCH3 is 1. The van der Waals surface area contributed by atoms with Crippen LogP contribution in [-0.4, -0.2) is 22.7 Å². The molecule has 6 heteroatoms. The molecular formula is C15H16BrClN2O2. The topological polar surface area (TPSA) is 44.1 Å². The van der Waals surface area contributed by atoms with Crippen LogP contribution in [-0.2, 0) is 19.9 Å². The normalized spacial score (nSPS) is 10.7. The van der Waals surface area contributed by atoms with E-state index in [0.717, 1.165) is 22.3 Å². The summed E-state index contributed by atoms with van der Waals surface area (Å²) in [5.41, 5.74) is 2.17. The van der Waals surface area contributed by atoms with E-state index in [9.17, 15) is 4.79 Å². The Hall–Kier alpha value is -1.33. The molecule has 0 aliphatic heterocycles. The zero-order chi connectivity index (χ0) is 15.6. The highest BCUT2D eigenvalue weighted by Crippen LogP contribution is 2.27. The number of ketones is 1. The largest absolute Gasteiger partial charge is 0.496 e. The number of halogens is 2. The number of hydrogen-bond acceptors (Lipinski definition) is 3. The van der Waals surface area contributed by atoms with Crippen LogP contribution in [0.1, 0.15) is 28.7 Å². The summed E-state index contributed by atoms with van der Waals surface area (Å²) < 4.78 is 7.59. The van der Waals surface area contributed by atoms with Gasteiger partial charge >= 0.3 is 0 Å². The first kappa shape index (κ1) is 16.0. The summed E-state index contributed by atoms with van der Waals surface area (Å²) in [5.74, 6) is 0.685. The predicted octanol–water partition coefficient (Wildman–Crippen LogP) is 3.83. The van der Waals surface area contributed by atoms with Gasteiger partial charge in [0.2, 0.25) is 0 Å². The molecule has 0 aliphatic rings. The van der Waals surface area contributed by atoms with Crippen molar-refractivity contribution in [2.24, 2.45) is 7.05 Å². The van der Waals surface area contributed by atoms with E-state index >= 15 is 0 Å². The monoisotopic (exact) mass is 370 g/mol. The van der Waals surface area contributed by atoms with Crippen molar-refractivity contribution in [1.29, 1.82) is 0 Å². The minimum Gasteiger partial charge on any atom is -0.496 e. The van der Waals surface area contributed by atoms with Gasteiger partial charge in [-0.1, -0.05) is 18.5 Å². The number of Topliss-reactive ketones (excluding diaryl/α,β-unsaturated/α-hetero) is 1. The fraction of sp³-hybridized carbons (Fsp3) is 0.333. The lowest BCUT2D eigenvalue weighted by atomic mass is 10.1. The van der Waals surface area contributed by atoms with Crippen molar-refractivity contribution in [2.45, 2.75) is 19.8 Å². The molecule has 0 unspecified atom stereocenters. The van der Waals surface area contributed by atoms with Crippen LogP contribution >= 0.6 is 27.5 Å². The van der Waals surface area contributed by atoms with Gasteiger partial charge in [0, 0.05) is 12.6 Å². The zero-order valence-corrected chi connectivity index (χ0v) is 14.5. The summed E-state index contributed by atoms with van der Waals surface area (Å²) in [4.78, 5) is 12.4. The average Bonchev–Trinajstić information content (AvgIpc) is 2.74. The van der Waals surface area contributed by atoms with Crippen LogP contribution in [0.25, 0.3) is 0 Å². The van der Waals surface area contributed by atoms with E-state index in [1.54, 1.807) is 37.0 Å². The van der Waals surface area contributed by atoms with E-state index < -0.39 is 0 Å². The average molecular weight is 372 g/mol. The summed E-state index contributed by atoms with van der Waals surface area (Å²) in [5, 5.41) is 4.91. The van der Waals surface area contributed by atoms with Gasteiger partial charge < -0.3 is 4.74 Å². The Kier molecular flexibility index (Phi) is 5.06. The number of carbonyl (C=O) groups is 1. The number of ether oxygens (including phenoxy) is 1. The van der Waals surface area contributed by atoms with E-state index in [1.165, 1.54) is 0 Å². The number of aryl methyl sites for hydroxylation is 2. The highest BCUT2D eigenvalue weighted by Gasteiger charge is 2.17. The Bertz CT molecular complexity index is 683. The molecule has 1 heterocycles. The molecule has 0 saturated heterocycles. The van der Waals surface area contributed by atoms with Gasteiger partial charge in [0.15, 0.2) is 5.78 Å². The summed E-state index contributed by atoms with van der Waals surface area (Å²) in [6, 6.07) is 5.27. The van der Waals surface area contributed by atoms with Crippen LogP contribution in [0.2, 0.25) is 5.02 Å². The second kappa shape index (κ2) is 6.62. The van der Waals surface area contributed by atoms with Crippen molar-refractivity contribution in [3.63, 3.8) is 0 Å². The van der Waals surface area contributed by atoms with Crippen molar-refractivity contribution in [3.05, 3.63) is 44.6 Å². The Balaban J connectivity index is 2.26. The number of benzene rings is 1. The van der Waals surface area contributed by atoms with Crippen LogP contribution in [0.4, 0.5) is 0 Å². The van der Waals surface area contributed by atoms with Gasteiger partial charge in [-0.25, -0.2) is 0 Å². The first-order valence-electron chi connectivity index (χ1n) is 6.54. The van der Waals surface area contributed by atoms with Crippen LogP contribution in [0.3, 0.4) is 0 Å². The molecule has 2 aromatic rings.